The molecule has 0 saturated heterocycles. The molecule has 5 heteroatoms. The summed E-state index contributed by atoms with van der Waals surface area (Å²) in [5.74, 6) is -0.811. The second-order valence-electron chi connectivity index (χ2n) is 4.41. The van der Waals surface area contributed by atoms with Gasteiger partial charge >= 0.3 is 0 Å². The van der Waals surface area contributed by atoms with E-state index in [9.17, 15) is 9.18 Å². The Bertz CT molecular complexity index is 633. The second kappa shape index (κ2) is 7.09. The van der Waals surface area contributed by atoms with Gasteiger partial charge in [0.25, 0.3) is 5.91 Å². The summed E-state index contributed by atoms with van der Waals surface area (Å²) in [5, 5.41) is 3.12. The molecule has 0 aliphatic rings. The first-order chi connectivity index (χ1) is 10.1. The number of hydrogen-bond acceptors (Lipinski definition) is 2. The van der Waals surface area contributed by atoms with E-state index in [4.69, 9.17) is 16.3 Å². The Balaban J connectivity index is 2.09. The highest BCUT2D eigenvalue weighted by Crippen LogP contribution is 2.22. The summed E-state index contributed by atoms with van der Waals surface area (Å²) < 4.78 is 19.0. The highest BCUT2D eigenvalue weighted by Gasteiger charge is 2.20. The molecule has 0 spiro atoms. The molecule has 0 aliphatic heterocycles. The van der Waals surface area contributed by atoms with Crippen LogP contribution in [0.5, 0.6) is 5.75 Å². The summed E-state index contributed by atoms with van der Waals surface area (Å²) in [7, 11) is 0. The van der Waals surface area contributed by atoms with E-state index in [0.717, 1.165) is 0 Å². The minimum atomic E-state index is -0.793. The van der Waals surface area contributed by atoms with Gasteiger partial charge in [-0.2, -0.15) is 0 Å². The van der Waals surface area contributed by atoms with Crippen molar-refractivity contribution in [3.8, 4) is 5.75 Å². The molecule has 21 heavy (non-hydrogen) atoms. The zero-order valence-corrected chi connectivity index (χ0v) is 12.2. The smallest absolute Gasteiger partial charge is 0.265 e. The molecule has 2 aromatic carbocycles. The fourth-order valence-electron chi connectivity index (χ4n) is 1.79. The number of rotatable bonds is 5. The topological polar surface area (TPSA) is 38.3 Å². The molecule has 0 aliphatic carbocycles. The first kappa shape index (κ1) is 15.3. The Morgan fingerprint density at radius 2 is 1.90 bits per heavy atom. The molecule has 1 N–H and O–H groups in total. The van der Waals surface area contributed by atoms with Gasteiger partial charge in [-0.25, -0.2) is 4.39 Å². The lowest BCUT2D eigenvalue weighted by atomic mass is 10.2. The zero-order valence-electron chi connectivity index (χ0n) is 11.5. The van der Waals surface area contributed by atoms with Crippen LogP contribution in [0.25, 0.3) is 0 Å². The summed E-state index contributed by atoms with van der Waals surface area (Å²) in [5.41, 5.74) is 0.500. The van der Waals surface area contributed by atoms with E-state index in [1.54, 1.807) is 43.3 Å². The first-order valence-electron chi connectivity index (χ1n) is 6.58. The van der Waals surface area contributed by atoms with Crippen LogP contribution in [0, 0.1) is 5.82 Å². The van der Waals surface area contributed by atoms with Gasteiger partial charge in [-0.3, -0.25) is 4.79 Å². The van der Waals surface area contributed by atoms with E-state index >= 15 is 0 Å². The molecular weight excluding hydrogens is 293 g/mol. The van der Waals surface area contributed by atoms with E-state index in [0.29, 0.717) is 17.1 Å². The standard InChI is InChI=1S/C16H15ClFNO2/c1-2-14(21-15-10-6-4-8-12(15)18)16(20)19-13-9-5-3-7-11(13)17/h3-10,14H,2H2,1H3,(H,19,20)/t14-/m0/s1. The molecule has 0 aromatic heterocycles. The van der Waals surface area contributed by atoms with Crippen molar-refractivity contribution in [2.75, 3.05) is 5.32 Å². The molecule has 1 atom stereocenters. The van der Waals surface area contributed by atoms with E-state index < -0.39 is 11.9 Å². The number of halogens is 2. The maximum absolute atomic E-state index is 13.6. The number of benzene rings is 2. The van der Waals surface area contributed by atoms with Gasteiger partial charge in [-0.05, 0) is 30.7 Å². The van der Waals surface area contributed by atoms with Gasteiger partial charge < -0.3 is 10.1 Å². The minimum absolute atomic E-state index is 0.0543. The largest absolute Gasteiger partial charge is 0.478 e. The number of hydrogen-bond donors (Lipinski definition) is 1. The van der Waals surface area contributed by atoms with Gasteiger partial charge in [-0.15, -0.1) is 0 Å². The van der Waals surface area contributed by atoms with Gasteiger partial charge in [0.05, 0.1) is 10.7 Å². The second-order valence-corrected chi connectivity index (χ2v) is 4.82. The third-order valence-electron chi connectivity index (χ3n) is 2.90. The maximum atomic E-state index is 13.6. The van der Waals surface area contributed by atoms with Crippen LogP contribution in [0.15, 0.2) is 48.5 Å². The van der Waals surface area contributed by atoms with Crippen LogP contribution in [-0.2, 0) is 4.79 Å². The van der Waals surface area contributed by atoms with Gasteiger partial charge in [0.1, 0.15) is 0 Å². The van der Waals surface area contributed by atoms with Crippen molar-refractivity contribution in [2.45, 2.75) is 19.4 Å². The number of amides is 1. The Morgan fingerprint density at radius 1 is 1.24 bits per heavy atom. The average molecular weight is 308 g/mol. The van der Waals surface area contributed by atoms with Crippen molar-refractivity contribution in [1.29, 1.82) is 0 Å². The molecule has 1 amide bonds. The summed E-state index contributed by atoms with van der Waals surface area (Å²) in [6.45, 7) is 1.79. The minimum Gasteiger partial charge on any atom is -0.478 e. The van der Waals surface area contributed by atoms with Gasteiger partial charge in [0.15, 0.2) is 17.7 Å². The lowest BCUT2D eigenvalue weighted by Crippen LogP contribution is -2.32. The van der Waals surface area contributed by atoms with Gasteiger partial charge in [-0.1, -0.05) is 42.8 Å². The van der Waals surface area contributed by atoms with Crippen molar-refractivity contribution in [3.05, 3.63) is 59.4 Å². The fourth-order valence-corrected chi connectivity index (χ4v) is 1.97. The predicted molar refractivity (Wildman–Crippen MR) is 81.2 cm³/mol. The summed E-state index contributed by atoms with van der Waals surface area (Å²) in [6.07, 6.45) is -0.386. The average Bonchev–Trinajstić information content (AvgIpc) is 2.48. The van der Waals surface area contributed by atoms with E-state index in [2.05, 4.69) is 5.32 Å². The van der Waals surface area contributed by atoms with Gasteiger partial charge in [0.2, 0.25) is 0 Å². The van der Waals surface area contributed by atoms with Crippen LogP contribution in [0.3, 0.4) is 0 Å². The molecule has 0 bridgehead atoms. The molecule has 3 nitrogen and oxygen atoms in total. The molecule has 2 rings (SSSR count). The Kier molecular flexibility index (Phi) is 5.17. The number of carbonyl (C=O) groups excluding carboxylic acids is 1. The maximum Gasteiger partial charge on any atom is 0.265 e. The SMILES string of the molecule is CC[C@H](Oc1ccccc1F)C(=O)Nc1ccccc1Cl. The van der Waals surface area contributed by atoms with Crippen molar-refractivity contribution < 1.29 is 13.9 Å². The summed E-state index contributed by atoms with van der Waals surface area (Å²) in [6, 6.07) is 12.9. The van der Waals surface area contributed by atoms with Crippen LogP contribution in [0.2, 0.25) is 5.02 Å². The number of nitrogens with one attached hydrogen (secondary N) is 1. The first-order valence-corrected chi connectivity index (χ1v) is 6.96. The highest BCUT2D eigenvalue weighted by molar-refractivity contribution is 6.33. The lowest BCUT2D eigenvalue weighted by Gasteiger charge is -2.18. The lowest BCUT2D eigenvalue weighted by molar-refractivity contribution is -0.122. The van der Waals surface area contributed by atoms with Crippen LogP contribution < -0.4 is 10.1 Å². The highest BCUT2D eigenvalue weighted by atomic mass is 35.5. The van der Waals surface area contributed by atoms with Crippen LogP contribution in [0.4, 0.5) is 10.1 Å². The fraction of sp³-hybridized carbons (Fsp3) is 0.188. The predicted octanol–water partition coefficient (Wildman–Crippen LogP) is 4.28. The number of para-hydroxylation sites is 2. The zero-order chi connectivity index (χ0) is 15.2. The van der Waals surface area contributed by atoms with Crippen LogP contribution in [0.1, 0.15) is 13.3 Å². The third-order valence-corrected chi connectivity index (χ3v) is 3.23. The van der Waals surface area contributed by atoms with E-state index in [-0.39, 0.29) is 11.7 Å². The Labute approximate surface area is 127 Å². The van der Waals surface area contributed by atoms with Crippen LogP contribution in [-0.4, -0.2) is 12.0 Å². The molecule has 0 heterocycles. The molecule has 110 valence electrons. The summed E-state index contributed by atoms with van der Waals surface area (Å²) >= 11 is 5.99. The van der Waals surface area contributed by atoms with Crippen molar-refractivity contribution >= 4 is 23.2 Å². The molecule has 0 unspecified atom stereocenters. The Hall–Kier alpha value is -2.07. The molecule has 0 saturated carbocycles. The number of carbonyl (C=O) groups is 1. The van der Waals surface area contributed by atoms with E-state index in [1.165, 1.54) is 12.1 Å². The Morgan fingerprint density at radius 3 is 2.57 bits per heavy atom. The quantitative estimate of drug-likeness (QED) is 0.895. The number of anilines is 1. The van der Waals surface area contributed by atoms with Crippen molar-refractivity contribution in [2.24, 2.45) is 0 Å². The number of ether oxygens (including phenoxy) is 1. The van der Waals surface area contributed by atoms with Gasteiger partial charge in [0, 0.05) is 0 Å². The third kappa shape index (κ3) is 3.95. The monoisotopic (exact) mass is 307 g/mol. The van der Waals surface area contributed by atoms with Crippen LogP contribution >= 0.6 is 11.6 Å². The molecule has 2 aromatic rings. The molecule has 0 fully saturated rings. The van der Waals surface area contributed by atoms with E-state index in [1.807, 2.05) is 0 Å². The summed E-state index contributed by atoms with van der Waals surface area (Å²) in [4.78, 5) is 12.2. The van der Waals surface area contributed by atoms with Crippen molar-refractivity contribution in [1.82, 2.24) is 0 Å². The molecular formula is C16H15ClFNO2. The molecule has 0 radical (unpaired) electrons. The normalized spacial score (nSPS) is 11.8. The van der Waals surface area contributed by atoms with Crippen molar-refractivity contribution in [3.63, 3.8) is 0 Å².